The molecule has 0 unspecified atom stereocenters. The molecule has 0 saturated heterocycles. The number of hydrogen-bond donors (Lipinski definition) is 4. The molecule has 8 nitrogen and oxygen atoms in total. The predicted octanol–water partition coefficient (Wildman–Crippen LogP) is 1.66. The highest BCUT2D eigenvalue weighted by molar-refractivity contribution is 5.97. The van der Waals surface area contributed by atoms with E-state index in [4.69, 9.17) is 10.5 Å². The van der Waals surface area contributed by atoms with Gasteiger partial charge in [-0.25, -0.2) is 4.98 Å². The van der Waals surface area contributed by atoms with Gasteiger partial charge in [-0.05, 0) is 38.5 Å². The van der Waals surface area contributed by atoms with Crippen molar-refractivity contribution in [2.75, 3.05) is 17.7 Å². The second-order valence-corrected chi connectivity index (χ2v) is 7.28. The summed E-state index contributed by atoms with van der Waals surface area (Å²) in [5.41, 5.74) is 5.71. The Labute approximate surface area is 153 Å². The normalized spacial score (nSPS) is 29.2. The van der Waals surface area contributed by atoms with E-state index in [9.17, 15) is 9.90 Å². The third-order valence-corrected chi connectivity index (χ3v) is 5.45. The van der Waals surface area contributed by atoms with Crippen LogP contribution in [-0.4, -0.2) is 52.4 Å². The second-order valence-electron chi connectivity index (χ2n) is 7.28. The molecule has 26 heavy (non-hydrogen) atoms. The van der Waals surface area contributed by atoms with Crippen molar-refractivity contribution in [3.05, 3.63) is 11.8 Å². The number of amides is 1. The van der Waals surface area contributed by atoms with E-state index >= 15 is 0 Å². The number of hydrogen-bond acceptors (Lipinski definition) is 7. The Morgan fingerprint density at radius 3 is 2.58 bits per heavy atom. The number of rotatable bonds is 6. The van der Waals surface area contributed by atoms with Crippen LogP contribution in [0.1, 0.15) is 61.7 Å². The van der Waals surface area contributed by atoms with E-state index in [0.29, 0.717) is 17.9 Å². The molecule has 2 aliphatic carbocycles. The smallest absolute Gasteiger partial charge is 0.254 e. The van der Waals surface area contributed by atoms with Crippen LogP contribution in [0.3, 0.4) is 0 Å². The van der Waals surface area contributed by atoms with Gasteiger partial charge in [0.25, 0.3) is 5.91 Å². The van der Waals surface area contributed by atoms with Crippen molar-refractivity contribution in [1.82, 2.24) is 9.97 Å². The minimum absolute atomic E-state index is 0.123. The summed E-state index contributed by atoms with van der Waals surface area (Å²) in [5, 5.41) is 16.7. The molecule has 2 aliphatic rings. The molecule has 0 spiro atoms. The summed E-state index contributed by atoms with van der Waals surface area (Å²) in [5.74, 6) is 0.292. The highest BCUT2D eigenvalue weighted by Crippen LogP contribution is 2.25. The SMILES string of the molecule is CO[C@H]1CC[C@H](Nc2ncc(C(N)=O)c(N[C@@H]3CCCC[C@@H]3O)n2)CC1. The fourth-order valence-electron chi connectivity index (χ4n) is 3.82. The number of carbonyl (C=O) groups excluding carboxylic acids is 1. The molecule has 1 aromatic rings. The van der Waals surface area contributed by atoms with Crippen molar-refractivity contribution in [1.29, 1.82) is 0 Å². The zero-order chi connectivity index (χ0) is 18.5. The van der Waals surface area contributed by atoms with E-state index in [1.54, 1.807) is 7.11 Å². The topological polar surface area (TPSA) is 122 Å². The first-order valence-corrected chi connectivity index (χ1v) is 9.47. The minimum atomic E-state index is -0.579. The maximum absolute atomic E-state index is 11.7. The first-order valence-electron chi connectivity index (χ1n) is 9.47. The predicted molar refractivity (Wildman–Crippen MR) is 99.1 cm³/mol. The Bertz CT molecular complexity index is 619. The molecule has 2 saturated carbocycles. The molecule has 0 aliphatic heterocycles. The second kappa shape index (κ2) is 8.64. The molecular weight excluding hydrogens is 334 g/mol. The first-order chi connectivity index (χ1) is 12.6. The number of anilines is 2. The maximum Gasteiger partial charge on any atom is 0.254 e. The Morgan fingerprint density at radius 2 is 1.92 bits per heavy atom. The van der Waals surface area contributed by atoms with Gasteiger partial charge >= 0.3 is 0 Å². The summed E-state index contributed by atoms with van der Waals surface area (Å²) < 4.78 is 5.40. The Balaban J connectivity index is 1.70. The van der Waals surface area contributed by atoms with Gasteiger partial charge in [0.15, 0.2) is 0 Å². The highest BCUT2D eigenvalue weighted by atomic mass is 16.5. The summed E-state index contributed by atoms with van der Waals surface area (Å²) in [4.78, 5) is 20.4. The van der Waals surface area contributed by atoms with E-state index in [1.807, 2.05) is 0 Å². The van der Waals surface area contributed by atoms with Crippen LogP contribution in [0.15, 0.2) is 6.20 Å². The molecule has 1 aromatic heterocycles. The summed E-state index contributed by atoms with van der Waals surface area (Å²) in [7, 11) is 1.75. The minimum Gasteiger partial charge on any atom is -0.391 e. The zero-order valence-corrected chi connectivity index (χ0v) is 15.3. The average Bonchev–Trinajstić information content (AvgIpc) is 2.64. The highest BCUT2D eigenvalue weighted by Gasteiger charge is 2.26. The number of nitrogens with two attached hydrogens (primary N) is 1. The van der Waals surface area contributed by atoms with Gasteiger partial charge in [-0.1, -0.05) is 12.8 Å². The van der Waals surface area contributed by atoms with Crippen molar-refractivity contribution in [2.24, 2.45) is 5.73 Å². The monoisotopic (exact) mass is 363 g/mol. The van der Waals surface area contributed by atoms with E-state index in [2.05, 4.69) is 20.6 Å². The number of ether oxygens (including phenoxy) is 1. The fourth-order valence-corrected chi connectivity index (χ4v) is 3.82. The van der Waals surface area contributed by atoms with Crippen molar-refractivity contribution >= 4 is 17.7 Å². The number of aliphatic hydroxyl groups is 1. The van der Waals surface area contributed by atoms with Gasteiger partial charge in [0.1, 0.15) is 5.82 Å². The number of primary amides is 1. The van der Waals surface area contributed by atoms with E-state index < -0.39 is 12.0 Å². The molecular formula is C18H29N5O3. The standard InChI is InChI=1S/C18H29N5O3/c1-26-12-8-6-11(7-9-12)21-18-20-10-13(16(19)25)17(23-18)22-14-4-2-3-5-15(14)24/h10-12,14-15,24H,2-9H2,1H3,(H2,19,25)(H2,20,21,22,23)/t11-,12-,14-,15+/m1/s1. The zero-order valence-electron chi connectivity index (χ0n) is 15.3. The third kappa shape index (κ3) is 4.62. The van der Waals surface area contributed by atoms with Gasteiger partial charge < -0.3 is 26.2 Å². The molecule has 8 heteroatoms. The van der Waals surface area contributed by atoms with Crippen molar-refractivity contribution in [2.45, 2.75) is 75.7 Å². The lowest BCUT2D eigenvalue weighted by molar-refractivity contribution is 0.0681. The van der Waals surface area contributed by atoms with E-state index in [1.165, 1.54) is 6.20 Å². The Kier molecular flexibility index (Phi) is 6.26. The van der Waals surface area contributed by atoms with Crippen LogP contribution >= 0.6 is 0 Å². The van der Waals surface area contributed by atoms with Gasteiger partial charge in [-0.2, -0.15) is 4.98 Å². The van der Waals surface area contributed by atoms with Crippen molar-refractivity contribution in [3.63, 3.8) is 0 Å². The van der Waals surface area contributed by atoms with Crippen LogP contribution in [0.25, 0.3) is 0 Å². The third-order valence-electron chi connectivity index (χ3n) is 5.45. The molecule has 0 aromatic carbocycles. The van der Waals surface area contributed by atoms with E-state index in [0.717, 1.165) is 51.4 Å². The number of aliphatic hydroxyl groups excluding tert-OH is 1. The van der Waals surface area contributed by atoms with Crippen LogP contribution in [0.4, 0.5) is 11.8 Å². The quantitative estimate of drug-likeness (QED) is 0.606. The van der Waals surface area contributed by atoms with Crippen molar-refractivity contribution < 1.29 is 14.6 Å². The molecule has 0 radical (unpaired) electrons. The molecule has 2 fully saturated rings. The number of carbonyl (C=O) groups is 1. The van der Waals surface area contributed by atoms with Gasteiger partial charge in [0, 0.05) is 19.3 Å². The Hall–Kier alpha value is -1.93. The largest absolute Gasteiger partial charge is 0.391 e. The molecule has 1 heterocycles. The van der Waals surface area contributed by atoms with Crippen LogP contribution in [0, 0.1) is 0 Å². The molecule has 144 valence electrons. The van der Waals surface area contributed by atoms with Gasteiger partial charge in [-0.3, -0.25) is 4.79 Å². The Morgan fingerprint density at radius 1 is 1.19 bits per heavy atom. The molecule has 1 amide bonds. The first kappa shape index (κ1) is 18.8. The molecule has 0 bridgehead atoms. The summed E-state index contributed by atoms with van der Waals surface area (Å²) in [6.45, 7) is 0. The number of methoxy groups -OCH3 is 1. The van der Waals surface area contributed by atoms with E-state index in [-0.39, 0.29) is 17.6 Å². The van der Waals surface area contributed by atoms with Gasteiger partial charge in [-0.15, -0.1) is 0 Å². The lowest BCUT2D eigenvalue weighted by Crippen LogP contribution is -2.37. The van der Waals surface area contributed by atoms with Crippen LogP contribution in [0.2, 0.25) is 0 Å². The summed E-state index contributed by atoms with van der Waals surface area (Å²) in [6, 6.07) is 0.163. The molecule has 2 atom stereocenters. The maximum atomic E-state index is 11.7. The molecule has 3 rings (SSSR count). The van der Waals surface area contributed by atoms with Crippen LogP contribution in [0.5, 0.6) is 0 Å². The fraction of sp³-hybridized carbons (Fsp3) is 0.722. The summed E-state index contributed by atoms with van der Waals surface area (Å²) >= 11 is 0. The number of aromatic nitrogens is 2. The lowest BCUT2D eigenvalue weighted by Gasteiger charge is -2.30. The van der Waals surface area contributed by atoms with Crippen LogP contribution < -0.4 is 16.4 Å². The van der Waals surface area contributed by atoms with Crippen molar-refractivity contribution in [3.8, 4) is 0 Å². The van der Waals surface area contributed by atoms with Gasteiger partial charge in [0.05, 0.1) is 23.8 Å². The number of nitrogens with one attached hydrogen (secondary N) is 2. The molecule has 5 N–H and O–H groups in total. The van der Waals surface area contributed by atoms with Gasteiger partial charge in [0.2, 0.25) is 5.95 Å². The lowest BCUT2D eigenvalue weighted by atomic mass is 9.92. The summed E-state index contributed by atoms with van der Waals surface area (Å²) in [6.07, 6.45) is 8.98. The average molecular weight is 363 g/mol. The number of nitrogens with zero attached hydrogens (tertiary/aromatic N) is 2. The van der Waals surface area contributed by atoms with Crippen LogP contribution in [-0.2, 0) is 4.74 Å².